The summed E-state index contributed by atoms with van der Waals surface area (Å²) in [5.41, 5.74) is 1.20. The van der Waals surface area contributed by atoms with Crippen molar-refractivity contribution in [2.24, 2.45) is 0 Å². The molecule has 1 aromatic heterocycles. The molecule has 0 saturated carbocycles. The molecule has 166 valence electrons. The van der Waals surface area contributed by atoms with Crippen LogP contribution in [-0.2, 0) is 14.3 Å². The molecular formula is C22H23Cl2NO5S. The highest BCUT2D eigenvalue weighted by Crippen LogP contribution is 2.35. The summed E-state index contributed by atoms with van der Waals surface area (Å²) in [6.07, 6.45) is 2.15. The molecule has 0 saturated heterocycles. The maximum atomic E-state index is 12.6. The minimum absolute atomic E-state index is 0.130. The molecule has 0 spiro atoms. The number of anilines is 1. The summed E-state index contributed by atoms with van der Waals surface area (Å²) in [6, 6.07) is 4.95. The lowest BCUT2D eigenvalue weighted by Crippen LogP contribution is -2.16. The van der Waals surface area contributed by atoms with E-state index >= 15 is 0 Å². The summed E-state index contributed by atoms with van der Waals surface area (Å²) >= 11 is 12.8. The van der Waals surface area contributed by atoms with Gasteiger partial charge < -0.3 is 14.8 Å². The van der Waals surface area contributed by atoms with Crippen LogP contribution < -0.4 is 5.32 Å². The van der Waals surface area contributed by atoms with Gasteiger partial charge in [0.05, 0.1) is 27.8 Å². The molecule has 31 heavy (non-hydrogen) atoms. The van der Waals surface area contributed by atoms with Crippen molar-refractivity contribution in [3.05, 3.63) is 55.9 Å². The Morgan fingerprint density at radius 2 is 1.61 bits per heavy atom. The van der Waals surface area contributed by atoms with Crippen LogP contribution in [-0.4, -0.2) is 30.1 Å². The number of hydrogen-bond donors (Lipinski definition) is 1. The molecule has 1 heterocycles. The highest BCUT2D eigenvalue weighted by Gasteiger charge is 2.28. The SMILES string of the molecule is Cc1c(C(=O)OC(C)C)sc(NC(=O)C=Cc2ccc(Cl)c(Cl)c2)c1C(=O)OC(C)C. The molecule has 9 heteroatoms. The van der Waals surface area contributed by atoms with E-state index in [1.165, 1.54) is 6.08 Å². The molecule has 0 radical (unpaired) electrons. The summed E-state index contributed by atoms with van der Waals surface area (Å²) in [4.78, 5) is 37.8. The summed E-state index contributed by atoms with van der Waals surface area (Å²) in [5.74, 6) is -1.69. The molecule has 6 nitrogen and oxygen atoms in total. The number of amides is 1. The van der Waals surface area contributed by atoms with Crippen molar-refractivity contribution in [1.29, 1.82) is 0 Å². The maximum absolute atomic E-state index is 12.6. The van der Waals surface area contributed by atoms with Crippen LogP contribution in [0.2, 0.25) is 10.0 Å². The lowest BCUT2D eigenvalue weighted by atomic mass is 10.1. The molecule has 1 N–H and O–H groups in total. The van der Waals surface area contributed by atoms with E-state index in [2.05, 4.69) is 5.32 Å². The van der Waals surface area contributed by atoms with Crippen molar-refractivity contribution < 1.29 is 23.9 Å². The number of carbonyl (C=O) groups is 3. The molecule has 0 aliphatic rings. The molecule has 2 rings (SSSR count). The van der Waals surface area contributed by atoms with Crippen LogP contribution >= 0.6 is 34.5 Å². The zero-order chi connectivity index (χ0) is 23.3. The number of hydrogen-bond acceptors (Lipinski definition) is 6. The average molecular weight is 484 g/mol. The highest BCUT2D eigenvalue weighted by molar-refractivity contribution is 7.18. The Labute approximate surface area is 195 Å². The zero-order valence-electron chi connectivity index (χ0n) is 17.7. The zero-order valence-corrected chi connectivity index (χ0v) is 20.1. The molecule has 1 aromatic carbocycles. The lowest BCUT2D eigenvalue weighted by Gasteiger charge is -2.10. The summed E-state index contributed by atoms with van der Waals surface area (Å²) in [6.45, 7) is 8.50. The molecule has 0 bridgehead atoms. The van der Waals surface area contributed by atoms with Crippen molar-refractivity contribution in [2.45, 2.75) is 46.8 Å². The third-order valence-corrected chi connectivity index (χ3v) is 5.76. The van der Waals surface area contributed by atoms with Gasteiger partial charge in [0, 0.05) is 6.08 Å². The van der Waals surface area contributed by atoms with Gasteiger partial charge in [-0.15, -0.1) is 11.3 Å². The monoisotopic (exact) mass is 483 g/mol. The number of carbonyl (C=O) groups excluding carboxylic acids is 3. The van der Waals surface area contributed by atoms with Gasteiger partial charge in [-0.2, -0.15) is 0 Å². The predicted octanol–water partition coefficient (Wildman–Crippen LogP) is 6.15. The van der Waals surface area contributed by atoms with Gasteiger partial charge in [-0.3, -0.25) is 4.79 Å². The lowest BCUT2D eigenvalue weighted by molar-refractivity contribution is -0.111. The number of rotatable bonds is 7. The van der Waals surface area contributed by atoms with E-state index in [-0.39, 0.29) is 27.6 Å². The van der Waals surface area contributed by atoms with Crippen LogP contribution in [0.5, 0.6) is 0 Å². The minimum atomic E-state index is -0.629. The van der Waals surface area contributed by atoms with Crippen molar-refractivity contribution in [2.75, 3.05) is 5.32 Å². The van der Waals surface area contributed by atoms with Crippen molar-refractivity contribution in [3.8, 4) is 0 Å². The summed E-state index contributed by atoms with van der Waals surface area (Å²) in [5, 5.41) is 3.64. The van der Waals surface area contributed by atoms with Crippen molar-refractivity contribution in [1.82, 2.24) is 0 Å². The summed E-state index contributed by atoms with van der Waals surface area (Å²) in [7, 11) is 0. The number of ether oxygens (including phenoxy) is 2. The van der Waals surface area contributed by atoms with E-state index in [1.807, 2.05) is 0 Å². The van der Waals surface area contributed by atoms with Crippen LogP contribution in [0.4, 0.5) is 5.00 Å². The fourth-order valence-corrected chi connectivity index (χ4v) is 3.91. The quantitative estimate of drug-likeness (QED) is 0.377. The molecular weight excluding hydrogens is 461 g/mol. The van der Waals surface area contributed by atoms with E-state index in [0.717, 1.165) is 11.3 Å². The Balaban J connectivity index is 2.32. The normalized spacial score (nSPS) is 11.3. The number of nitrogens with one attached hydrogen (secondary N) is 1. The number of thiophene rings is 1. The van der Waals surface area contributed by atoms with Crippen molar-refractivity contribution in [3.63, 3.8) is 0 Å². The number of benzene rings is 1. The maximum Gasteiger partial charge on any atom is 0.348 e. The van der Waals surface area contributed by atoms with E-state index in [1.54, 1.807) is 58.9 Å². The van der Waals surface area contributed by atoms with Crippen LogP contribution in [0, 0.1) is 6.92 Å². The Morgan fingerprint density at radius 3 is 2.19 bits per heavy atom. The Morgan fingerprint density at radius 1 is 1.00 bits per heavy atom. The van der Waals surface area contributed by atoms with Gasteiger partial charge in [0.15, 0.2) is 0 Å². The van der Waals surface area contributed by atoms with E-state index in [0.29, 0.717) is 21.2 Å². The van der Waals surface area contributed by atoms with Gasteiger partial charge in [0.25, 0.3) is 0 Å². The largest absolute Gasteiger partial charge is 0.459 e. The second-order valence-electron chi connectivity index (χ2n) is 7.16. The average Bonchev–Trinajstić information content (AvgIpc) is 2.97. The molecule has 1 amide bonds. The molecule has 0 aliphatic carbocycles. The first-order valence-electron chi connectivity index (χ1n) is 9.49. The topological polar surface area (TPSA) is 81.7 Å². The first-order valence-corrected chi connectivity index (χ1v) is 11.1. The summed E-state index contributed by atoms with van der Waals surface area (Å²) < 4.78 is 10.5. The third kappa shape index (κ3) is 6.82. The molecule has 0 unspecified atom stereocenters. The fraction of sp³-hybridized carbons (Fsp3) is 0.318. The number of halogens is 2. The first kappa shape index (κ1) is 24.9. The standard InChI is InChI=1S/C22H23Cl2NO5S/c1-11(2)29-21(27)18-13(5)19(22(28)30-12(3)4)31-20(18)25-17(26)9-7-14-6-8-15(23)16(24)10-14/h6-12H,1-5H3,(H,25,26). The van der Waals surface area contributed by atoms with Gasteiger partial charge in [-0.05, 0) is 64.0 Å². The molecule has 2 aromatic rings. The minimum Gasteiger partial charge on any atom is -0.459 e. The van der Waals surface area contributed by atoms with E-state index < -0.39 is 17.8 Å². The molecule has 0 aliphatic heterocycles. The highest BCUT2D eigenvalue weighted by atomic mass is 35.5. The van der Waals surface area contributed by atoms with Gasteiger partial charge in [-0.25, -0.2) is 9.59 Å². The Bertz CT molecular complexity index is 1030. The van der Waals surface area contributed by atoms with Gasteiger partial charge in [0.2, 0.25) is 5.91 Å². The molecule has 0 fully saturated rings. The predicted molar refractivity (Wildman–Crippen MR) is 124 cm³/mol. The van der Waals surface area contributed by atoms with Crippen molar-refractivity contribution >= 4 is 63.5 Å². The fourth-order valence-electron chi connectivity index (χ4n) is 2.52. The van der Waals surface area contributed by atoms with Crippen LogP contribution in [0.25, 0.3) is 6.08 Å². The third-order valence-electron chi connectivity index (χ3n) is 3.83. The van der Waals surface area contributed by atoms with Crippen LogP contribution in [0.15, 0.2) is 24.3 Å². The van der Waals surface area contributed by atoms with E-state index in [4.69, 9.17) is 32.7 Å². The molecule has 0 atom stereocenters. The Kier molecular flexibility index (Phi) is 8.68. The van der Waals surface area contributed by atoms with Gasteiger partial charge >= 0.3 is 11.9 Å². The van der Waals surface area contributed by atoms with Gasteiger partial charge in [-0.1, -0.05) is 29.3 Å². The number of esters is 2. The van der Waals surface area contributed by atoms with E-state index in [9.17, 15) is 14.4 Å². The van der Waals surface area contributed by atoms with Crippen LogP contribution in [0.3, 0.4) is 0 Å². The first-order chi connectivity index (χ1) is 14.5. The Hall–Kier alpha value is -2.35. The van der Waals surface area contributed by atoms with Gasteiger partial charge in [0.1, 0.15) is 9.88 Å². The second-order valence-corrected chi connectivity index (χ2v) is 9.00. The van der Waals surface area contributed by atoms with Crippen LogP contribution in [0.1, 0.15) is 58.9 Å². The second kappa shape index (κ2) is 10.8. The smallest absolute Gasteiger partial charge is 0.348 e.